The zero-order chi connectivity index (χ0) is 11.8. The molecule has 0 atom stereocenters. The zero-order valence-electron chi connectivity index (χ0n) is 10.2. The van der Waals surface area contributed by atoms with Crippen LogP contribution in [0.4, 0.5) is 11.5 Å². The second-order valence-electron chi connectivity index (χ2n) is 3.65. The molecule has 0 unspecified atom stereocenters. The second-order valence-corrected chi connectivity index (χ2v) is 3.65. The van der Waals surface area contributed by atoms with Crippen LogP contribution in [0.25, 0.3) is 0 Å². The first-order valence-electron chi connectivity index (χ1n) is 5.96. The lowest BCUT2D eigenvalue weighted by atomic mass is 10.3. The van der Waals surface area contributed by atoms with Crippen molar-refractivity contribution in [3.8, 4) is 0 Å². The van der Waals surface area contributed by atoms with E-state index in [4.69, 9.17) is 5.73 Å². The Bertz CT molecular complexity index is 280. The van der Waals surface area contributed by atoms with Crippen LogP contribution in [-0.4, -0.2) is 31.2 Å². The largest absolute Gasteiger partial charge is 0.384 e. The van der Waals surface area contributed by atoms with Crippen molar-refractivity contribution in [2.24, 2.45) is 5.73 Å². The normalized spacial score (nSPS) is 10.2. The fraction of sp³-hybridized carbons (Fsp3) is 0.583. The molecule has 0 fully saturated rings. The highest BCUT2D eigenvalue weighted by molar-refractivity contribution is 5.48. The molecule has 1 heterocycles. The van der Waals surface area contributed by atoms with E-state index in [0.29, 0.717) is 0 Å². The van der Waals surface area contributed by atoms with Gasteiger partial charge in [0.25, 0.3) is 0 Å². The second kappa shape index (κ2) is 7.06. The van der Waals surface area contributed by atoms with Gasteiger partial charge in [-0.3, -0.25) is 0 Å². The Balaban J connectivity index is 2.53. The molecule has 4 heteroatoms. The number of rotatable bonds is 7. The van der Waals surface area contributed by atoms with Gasteiger partial charge in [-0.2, -0.15) is 0 Å². The lowest BCUT2D eigenvalue weighted by Crippen LogP contribution is -2.22. The molecule has 0 aliphatic carbocycles. The lowest BCUT2D eigenvalue weighted by molar-refractivity contribution is 0.844. The van der Waals surface area contributed by atoms with Gasteiger partial charge < -0.3 is 16.0 Å². The van der Waals surface area contributed by atoms with Gasteiger partial charge in [0.1, 0.15) is 5.82 Å². The average molecular weight is 222 g/mol. The summed E-state index contributed by atoms with van der Waals surface area (Å²) in [7, 11) is 0. The summed E-state index contributed by atoms with van der Waals surface area (Å²) in [5.74, 6) is 1.04. The number of aromatic nitrogens is 1. The first kappa shape index (κ1) is 12.8. The number of nitrogens with two attached hydrogens (primary N) is 1. The Morgan fingerprint density at radius 1 is 1.31 bits per heavy atom. The van der Waals surface area contributed by atoms with E-state index in [9.17, 15) is 0 Å². The number of hydrogen-bond donors (Lipinski definition) is 2. The van der Waals surface area contributed by atoms with Crippen LogP contribution in [-0.2, 0) is 0 Å². The molecule has 0 saturated carbocycles. The van der Waals surface area contributed by atoms with E-state index in [1.807, 2.05) is 6.20 Å². The van der Waals surface area contributed by atoms with Crippen LogP contribution in [0.2, 0.25) is 0 Å². The van der Waals surface area contributed by atoms with Gasteiger partial charge in [-0.05, 0) is 38.9 Å². The van der Waals surface area contributed by atoms with E-state index in [2.05, 4.69) is 41.2 Å². The van der Waals surface area contributed by atoms with Crippen LogP contribution in [0.15, 0.2) is 18.3 Å². The maximum Gasteiger partial charge on any atom is 0.128 e. The molecule has 0 aliphatic rings. The summed E-state index contributed by atoms with van der Waals surface area (Å²) >= 11 is 0. The van der Waals surface area contributed by atoms with Crippen LogP contribution in [0.1, 0.15) is 20.3 Å². The molecule has 0 spiro atoms. The highest BCUT2D eigenvalue weighted by Crippen LogP contribution is 2.13. The Morgan fingerprint density at radius 2 is 2.06 bits per heavy atom. The summed E-state index contributed by atoms with van der Waals surface area (Å²) in [6.07, 6.45) is 2.86. The van der Waals surface area contributed by atoms with Crippen LogP contribution in [0.5, 0.6) is 0 Å². The van der Waals surface area contributed by atoms with Crippen molar-refractivity contribution in [2.75, 3.05) is 36.4 Å². The smallest absolute Gasteiger partial charge is 0.128 e. The average Bonchev–Trinajstić information content (AvgIpc) is 2.33. The van der Waals surface area contributed by atoms with Crippen molar-refractivity contribution in [3.63, 3.8) is 0 Å². The SMILES string of the molecule is CCN(CC)c1ccc(NCCCN)cn1. The molecule has 0 amide bonds. The molecule has 90 valence electrons. The third-order valence-corrected chi connectivity index (χ3v) is 2.55. The molecule has 0 aromatic carbocycles. The highest BCUT2D eigenvalue weighted by atomic mass is 15.2. The third kappa shape index (κ3) is 3.70. The first-order chi connectivity index (χ1) is 7.81. The van der Waals surface area contributed by atoms with Gasteiger partial charge in [-0.25, -0.2) is 4.98 Å². The fourth-order valence-corrected chi connectivity index (χ4v) is 1.56. The first-order valence-corrected chi connectivity index (χ1v) is 5.96. The Labute approximate surface area is 97.9 Å². The standard InChI is InChI=1S/C12H22N4/c1-3-16(4-2)12-7-6-11(10-15-12)14-9-5-8-13/h6-7,10,14H,3-5,8-9,13H2,1-2H3. The lowest BCUT2D eigenvalue weighted by Gasteiger charge is -2.19. The van der Waals surface area contributed by atoms with Gasteiger partial charge >= 0.3 is 0 Å². The maximum atomic E-state index is 5.43. The van der Waals surface area contributed by atoms with Crippen molar-refractivity contribution in [1.82, 2.24) is 4.98 Å². The summed E-state index contributed by atoms with van der Waals surface area (Å²) in [6.45, 7) is 7.88. The van der Waals surface area contributed by atoms with E-state index in [1.165, 1.54) is 0 Å². The van der Waals surface area contributed by atoms with Crippen molar-refractivity contribution < 1.29 is 0 Å². The van der Waals surface area contributed by atoms with E-state index in [1.54, 1.807) is 0 Å². The van der Waals surface area contributed by atoms with Crippen molar-refractivity contribution >= 4 is 11.5 Å². The van der Waals surface area contributed by atoms with Gasteiger partial charge in [-0.15, -0.1) is 0 Å². The molecule has 3 N–H and O–H groups in total. The fourth-order valence-electron chi connectivity index (χ4n) is 1.56. The van der Waals surface area contributed by atoms with E-state index < -0.39 is 0 Å². The van der Waals surface area contributed by atoms with Gasteiger partial charge in [-0.1, -0.05) is 0 Å². The van der Waals surface area contributed by atoms with Crippen LogP contribution < -0.4 is 16.0 Å². The monoisotopic (exact) mass is 222 g/mol. The molecular weight excluding hydrogens is 200 g/mol. The number of hydrogen-bond acceptors (Lipinski definition) is 4. The predicted molar refractivity (Wildman–Crippen MR) is 70.0 cm³/mol. The molecule has 0 radical (unpaired) electrons. The summed E-state index contributed by atoms with van der Waals surface area (Å²) in [6, 6.07) is 4.12. The zero-order valence-corrected chi connectivity index (χ0v) is 10.2. The minimum atomic E-state index is 0.720. The number of anilines is 2. The molecule has 4 nitrogen and oxygen atoms in total. The Kier molecular flexibility index (Phi) is 5.64. The maximum absolute atomic E-state index is 5.43. The highest BCUT2D eigenvalue weighted by Gasteiger charge is 2.02. The number of nitrogens with one attached hydrogen (secondary N) is 1. The van der Waals surface area contributed by atoms with Crippen LogP contribution in [0.3, 0.4) is 0 Å². The Morgan fingerprint density at radius 3 is 2.56 bits per heavy atom. The van der Waals surface area contributed by atoms with E-state index in [0.717, 1.165) is 44.1 Å². The number of pyridine rings is 1. The molecule has 1 rings (SSSR count). The minimum Gasteiger partial charge on any atom is -0.384 e. The molecule has 16 heavy (non-hydrogen) atoms. The summed E-state index contributed by atoms with van der Waals surface area (Å²) in [4.78, 5) is 6.66. The molecule has 0 saturated heterocycles. The quantitative estimate of drug-likeness (QED) is 0.689. The topological polar surface area (TPSA) is 54.2 Å². The summed E-state index contributed by atoms with van der Waals surface area (Å²) in [5, 5.41) is 3.29. The molecule has 1 aromatic heterocycles. The van der Waals surface area contributed by atoms with Crippen LogP contribution in [0, 0.1) is 0 Å². The van der Waals surface area contributed by atoms with Gasteiger partial charge in [0, 0.05) is 19.6 Å². The van der Waals surface area contributed by atoms with E-state index in [-0.39, 0.29) is 0 Å². The third-order valence-electron chi connectivity index (χ3n) is 2.55. The van der Waals surface area contributed by atoms with E-state index >= 15 is 0 Å². The molecule has 1 aromatic rings. The molecule has 0 aliphatic heterocycles. The number of nitrogens with zero attached hydrogens (tertiary/aromatic N) is 2. The van der Waals surface area contributed by atoms with Crippen LogP contribution >= 0.6 is 0 Å². The summed E-state index contributed by atoms with van der Waals surface area (Å²) in [5.41, 5.74) is 6.49. The Hall–Kier alpha value is -1.29. The minimum absolute atomic E-state index is 0.720. The van der Waals surface area contributed by atoms with Crippen molar-refractivity contribution in [2.45, 2.75) is 20.3 Å². The predicted octanol–water partition coefficient (Wildman–Crippen LogP) is 1.69. The van der Waals surface area contributed by atoms with Gasteiger partial charge in [0.05, 0.1) is 11.9 Å². The van der Waals surface area contributed by atoms with Gasteiger partial charge in [0.2, 0.25) is 0 Å². The van der Waals surface area contributed by atoms with Crippen molar-refractivity contribution in [3.05, 3.63) is 18.3 Å². The summed E-state index contributed by atoms with van der Waals surface area (Å²) < 4.78 is 0. The molecule has 0 bridgehead atoms. The van der Waals surface area contributed by atoms with Gasteiger partial charge in [0.15, 0.2) is 0 Å². The molecular formula is C12H22N4. The van der Waals surface area contributed by atoms with Crippen molar-refractivity contribution in [1.29, 1.82) is 0 Å².